The molecule has 1 aromatic heterocycles. The van der Waals surface area contributed by atoms with Gasteiger partial charge in [0.2, 0.25) is 0 Å². The van der Waals surface area contributed by atoms with Gasteiger partial charge in [-0.05, 0) is 37.3 Å². The second kappa shape index (κ2) is 6.82. The van der Waals surface area contributed by atoms with Crippen LogP contribution in [0.1, 0.15) is 18.5 Å². The Kier molecular flexibility index (Phi) is 5.23. The van der Waals surface area contributed by atoms with Gasteiger partial charge >= 0.3 is 0 Å². The van der Waals surface area contributed by atoms with Crippen molar-refractivity contribution in [1.82, 2.24) is 9.88 Å². The molecule has 0 saturated carbocycles. The van der Waals surface area contributed by atoms with Crippen molar-refractivity contribution >= 4 is 6.08 Å². The Morgan fingerprint density at radius 3 is 2.27 bits per heavy atom. The van der Waals surface area contributed by atoms with E-state index in [1.165, 1.54) is 25.9 Å². The predicted molar refractivity (Wildman–Crippen MR) is 65.3 cm³/mol. The summed E-state index contributed by atoms with van der Waals surface area (Å²) >= 11 is 0. The van der Waals surface area contributed by atoms with Crippen LogP contribution in [0.5, 0.6) is 0 Å². The molecule has 2 rings (SSSR count). The van der Waals surface area contributed by atoms with Gasteiger partial charge in [0.25, 0.3) is 0 Å². The summed E-state index contributed by atoms with van der Waals surface area (Å²) in [6, 6.07) is 5.73. The standard InChI is InChI=1S/C7H7N.C6H11N/c1-2-7-5-3-4-6-8-7;1-2-7-5-3-4-6-7/h2-6H,1H2;2H,1,3-6H2. The minimum atomic E-state index is 0.924. The fraction of sp³-hybridized carbons (Fsp3) is 0.308. The first-order chi connectivity index (χ1) is 7.36. The summed E-state index contributed by atoms with van der Waals surface area (Å²) in [5.41, 5.74) is 0.924. The molecule has 80 valence electrons. The van der Waals surface area contributed by atoms with Gasteiger partial charge in [0.1, 0.15) is 0 Å². The van der Waals surface area contributed by atoms with E-state index in [1.807, 2.05) is 24.4 Å². The van der Waals surface area contributed by atoms with Gasteiger partial charge in [-0.3, -0.25) is 4.98 Å². The second-order valence-corrected chi connectivity index (χ2v) is 3.38. The van der Waals surface area contributed by atoms with Crippen molar-refractivity contribution in [2.75, 3.05) is 13.1 Å². The lowest BCUT2D eigenvalue weighted by Gasteiger charge is -2.07. The number of aromatic nitrogens is 1. The van der Waals surface area contributed by atoms with Crippen molar-refractivity contribution in [2.45, 2.75) is 12.8 Å². The topological polar surface area (TPSA) is 16.1 Å². The average Bonchev–Trinajstić information content (AvgIpc) is 2.84. The van der Waals surface area contributed by atoms with Gasteiger partial charge in [-0.2, -0.15) is 0 Å². The average molecular weight is 202 g/mol. The van der Waals surface area contributed by atoms with Crippen molar-refractivity contribution in [3.8, 4) is 0 Å². The van der Waals surface area contributed by atoms with E-state index in [2.05, 4.69) is 23.0 Å². The molecule has 0 amide bonds. The molecule has 0 unspecified atom stereocenters. The first-order valence-corrected chi connectivity index (χ1v) is 5.27. The molecular weight excluding hydrogens is 184 g/mol. The fourth-order valence-corrected chi connectivity index (χ4v) is 1.42. The Morgan fingerprint density at radius 2 is 1.93 bits per heavy atom. The molecule has 2 heterocycles. The number of rotatable bonds is 2. The van der Waals surface area contributed by atoms with Crippen molar-refractivity contribution < 1.29 is 0 Å². The van der Waals surface area contributed by atoms with Gasteiger partial charge in [0, 0.05) is 19.3 Å². The largest absolute Gasteiger partial charge is 0.378 e. The highest BCUT2D eigenvalue weighted by molar-refractivity contribution is 5.40. The lowest BCUT2D eigenvalue weighted by molar-refractivity contribution is 0.469. The molecule has 0 radical (unpaired) electrons. The van der Waals surface area contributed by atoms with Crippen molar-refractivity contribution in [2.24, 2.45) is 0 Å². The molecule has 15 heavy (non-hydrogen) atoms. The lowest BCUT2D eigenvalue weighted by atomic mass is 10.4. The van der Waals surface area contributed by atoms with E-state index in [9.17, 15) is 0 Å². The molecule has 0 atom stereocenters. The molecule has 1 aromatic rings. The number of hydrogen-bond acceptors (Lipinski definition) is 2. The van der Waals surface area contributed by atoms with E-state index in [0.29, 0.717) is 0 Å². The van der Waals surface area contributed by atoms with Crippen LogP contribution >= 0.6 is 0 Å². The number of hydrogen-bond donors (Lipinski definition) is 0. The Labute approximate surface area is 92.0 Å². The molecule has 2 nitrogen and oxygen atoms in total. The summed E-state index contributed by atoms with van der Waals surface area (Å²) in [6.45, 7) is 9.69. The normalized spacial score (nSPS) is 14.0. The van der Waals surface area contributed by atoms with E-state index < -0.39 is 0 Å². The summed E-state index contributed by atoms with van der Waals surface area (Å²) in [6.07, 6.45) is 8.10. The second-order valence-electron chi connectivity index (χ2n) is 3.38. The highest BCUT2D eigenvalue weighted by Crippen LogP contribution is 2.05. The molecule has 2 heteroatoms. The van der Waals surface area contributed by atoms with E-state index in [-0.39, 0.29) is 0 Å². The third-order valence-electron chi connectivity index (χ3n) is 2.30. The monoisotopic (exact) mass is 202 g/mol. The summed E-state index contributed by atoms with van der Waals surface area (Å²) in [5.74, 6) is 0. The van der Waals surface area contributed by atoms with E-state index in [0.717, 1.165) is 5.69 Å². The van der Waals surface area contributed by atoms with Gasteiger partial charge in [0.15, 0.2) is 0 Å². The smallest absolute Gasteiger partial charge is 0.0623 e. The predicted octanol–water partition coefficient (Wildman–Crippen LogP) is 2.95. The molecule has 1 fully saturated rings. The maximum absolute atomic E-state index is 3.98. The molecule has 0 bridgehead atoms. The van der Waals surface area contributed by atoms with Crippen LogP contribution in [0, 0.1) is 0 Å². The molecule has 0 N–H and O–H groups in total. The minimum Gasteiger partial charge on any atom is -0.378 e. The Hall–Kier alpha value is -1.57. The SMILES string of the molecule is C=CN1CCCC1.C=Cc1ccccn1. The maximum Gasteiger partial charge on any atom is 0.0623 e. The first kappa shape index (κ1) is 11.5. The minimum absolute atomic E-state index is 0.924. The Balaban J connectivity index is 0.000000151. The highest BCUT2D eigenvalue weighted by atomic mass is 15.1. The quantitative estimate of drug-likeness (QED) is 0.733. The fourth-order valence-electron chi connectivity index (χ4n) is 1.42. The van der Waals surface area contributed by atoms with Gasteiger partial charge in [-0.15, -0.1) is 0 Å². The number of nitrogens with zero attached hydrogens (tertiary/aromatic N) is 2. The van der Waals surface area contributed by atoms with Gasteiger partial charge in [0.05, 0.1) is 5.69 Å². The number of likely N-dealkylation sites (tertiary alicyclic amines) is 1. The van der Waals surface area contributed by atoms with Crippen molar-refractivity contribution in [3.63, 3.8) is 0 Å². The highest BCUT2D eigenvalue weighted by Gasteiger charge is 2.04. The lowest BCUT2D eigenvalue weighted by Crippen LogP contribution is -2.08. The molecule has 1 saturated heterocycles. The van der Waals surface area contributed by atoms with Gasteiger partial charge < -0.3 is 4.90 Å². The zero-order valence-electron chi connectivity index (χ0n) is 9.10. The van der Waals surface area contributed by atoms with Crippen molar-refractivity contribution in [1.29, 1.82) is 0 Å². The van der Waals surface area contributed by atoms with Gasteiger partial charge in [-0.25, -0.2) is 0 Å². The maximum atomic E-state index is 3.98. The number of pyridine rings is 1. The summed E-state index contributed by atoms with van der Waals surface area (Å²) in [5, 5.41) is 0. The van der Waals surface area contributed by atoms with Crippen LogP contribution in [0.3, 0.4) is 0 Å². The van der Waals surface area contributed by atoms with Crippen LogP contribution in [-0.2, 0) is 0 Å². The van der Waals surface area contributed by atoms with Crippen LogP contribution in [0.25, 0.3) is 6.08 Å². The van der Waals surface area contributed by atoms with Crippen LogP contribution in [0.15, 0.2) is 43.8 Å². The van der Waals surface area contributed by atoms with Gasteiger partial charge in [-0.1, -0.05) is 19.2 Å². The third-order valence-corrected chi connectivity index (χ3v) is 2.30. The van der Waals surface area contributed by atoms with Crippen molar-refractivity contribution in [3.05, 3.63) is 49.4 Å². The molecule has 0 aliphatic carbocycles. The molecule has 0 spiro atoms. The molecule has 1 aliphatic rings. The Bertz CT molecular complexity index is 287. The van der Waals surface area contributed by atoms with E-state index >= 15 is 0 Å². The Morgan fingerprint density at radius 1 is 1.20 bits per heavy atom. The zero-order valence-corrected chi connectivity index (χ0v) is 9.10. The van der Waals surface area contributed by atoms with Crippen LogP contribution < -0.4 is 0 Å². The van der Waals surface area contributed by atoms with E-state index in [4.69, 9.17) is 0 Å². The summed E-state index contributed by atoms with van der Waals surface area (Å²) in [7, 11) is 0. The van der Waals surface area contributed by atoms with E-state index in [1.54, 1.807) is 12.3 Å². The van der Waals surface area contributed by atoms with Crippen LogP contribution in [-0.4, -0.2) is 23.0 Å². The zero-order chi connectivity index (χ0) is 10.9. The summed E-state index contributed by atoms with van der Waals surface area (Å²) in [4.78, 5) is 6.23. The molecular formula is C13H18N2. The third kappa shape index (κ3) is 4.45. The molecule has 1 aliphatic heterocycles. The molecule has 0 aromatic carbocycles. The van der Waals surface area contributed by atoms with Crippen LogP contribution in [0.4, 0.5) is 0 Å². The summed E-state index contributed by atoms with van der Waals surface area (Å²) < 4.78 is 0. The first-order valence-electron chi connectivity index (χ1n) is 5.27. The van der Waals surface area contributed by atoms with Crippen LogP contribution in [0.2, 0.25) is 0 Å².